The number of phenols is 1. The zero-order valence-corrected chi connectivity index (χ0v) is 6.99. The maximum Gasteiger partial charge on any atom is 0.138 e. The van der Waals surface area contributed by atoms with Crippen molar-refractivity contribution in [3.8, 4) is 5.75 Å². The zero-order chi connectivity index (χ0) is 9.14. The van der Waals surface area contributed by atoms with Gasteiger partial charge in [-0.25, -0.2) is 0 Å². The van der Waals surface area contributed by atoms with E-state index in [1.54, 1.807) is 12.1 Å². The van der Waals surface area contributed by atoms with Crippen molar-refractivity contribution in [1.82, 2.24) is 0 Å². The number of aliphatic hydroxyl groups excluding tert-OH is 1. The third-order valence-corrected chi connectivity index (χ3v) is 1.82. The Bertz CT molecular complexity index is 273. The molecule has 1 rings (SSSR count). The van der Waals surface area contributed by atoms with E-state index >= 15 is 0 Å². The van der Waals surface area contributed by atoms with E-state index in [0.717, 1.165) is 5.56 Å². The van der Waals surface area contributed by atoms with Crippen LogP contribution in [0.2, 0.25) is 0 Å². The number of hydrogen-bond donors (Lipinski definition) is 3. The number of benzene rings is 1. The molecule has 1 atom stereocenters. The zero-order valence-electron chi connectivity index (χ0n) is 6.99. The molecular weight excluding hydrogens is 154 g/mol. The van der Waals surface area contributed by atoms with Gasteiger partial charge in [0.15, 0.2) is 0 Å². The molecule has 0 unspecified atom stereocenters. The van der Waals surface area contributed by atoms with Crippen LogP contribution in [0.5, 0.6) is 5.75 Å². The fourth-order valence-corrected chi connectivity index (χ4v) is 1.02. The summed E-state index contributed by atoms with van der Waals surface area (Å²) in [7, 11) is 0. The summed E-state index contributed by atoms with van der Waals surface area (Å²) < 4.78 is 0. The average Bonchev–Trinajstić information content (AvgIpc) is 2.08. The number of nitrogens with two attached hydrogens (primary N) is 1. The van der Waals surface area contributed by atoms with Crippen molar-refractivity contribution in [3.05, 3.63) is 23.8 Å². The number of aliphatic hydroxyl groups is 1. The van der Waals surface area contributed by atoms with E-state index in [-0.39, 0.29) is 5.75 Å². The lowest BCUT2D eigenvalue weighted by molar-refractivity contribution is 0.173. The molecule has 3 nitrogen and oxygen atoms in total. The highest BCUT2D eigenvalue weighted by atomic mass is 16.3. The summed E-state index contributed by atoms with van der Waals surface area (Å²) in [6.07, 6.45) is 0.150. The van der Waals surface area contributed by atoms with Crippen LogP contribution in [0.1, 0.15) is 25.0 Å². The molecule has 0 heterocycles. The van der Waals surface area contributed by atoms with Gasteiger partial charge in [0.25, 0.3) is 0 Å². The van der Waals surface area contributed by atoms with Gasteiger partial charge in [0, 0.05) is 0 Å². The fourth-order valence-electron chi connectivity index (χ4n) is 1.02. The third kappa shape index (κ3) is 1.68. The summed E-state index contributed by atoms with van der Waals surface area (Å²) in [4.78, 5) is 0. The van der Waals surface area contributed by atoms with E-state index in [2.05, 4.69) is 0 Å². The molecule has 0 amide bonds. The summed E-state index contributed by atoms with van der Waals surface area (Å²) >= 11 is 0. The van der Waals surface area contributed by atoms with E-state index in [1.165, 1.54) is 6.07 Å². The van der Waals surface area contributed by atoms with E-state index in [1.807, 2.05) is 6.92 Å². The quantitative estimate of drug-likeness (QED) is 0.461. The lowest BCUT2D eigenvalue weighted by Crippen LogP contribution is -1.96. The molecule has 1 aromatic rings. The van der Waals surface area contributed by atoms with E-state index in [4.69, 9.17) is 10.8 Å². The van der Waals surface area contributed by atoms with Crippen LogP contribution in [0.3, 0.4) is 0 Å². The molecule has 3 heteroatoms. The van der Waals surface area contributed by atoms with Gasteiger partial charge in [-0.05, 0) is 24.1 Å². The minimum absolute atomic E-state index is 0.0575. The number of phenolic OH excluding ortho intramolecular Hbond substituents is 1. The first-order chi connectivity index (χ1) is 5.65. The summed E-state index contributed by atoms with van der Waals surface area (Å²) in [6, 6.07) is 4.74. The molecule has 0 aliphatic heterocycles. The van der Waals surface area contributed by atoms with Gasteiger partial charge in [0.05, 0.1) is 11.8 Å². The molecule has 12 heavy (non-hydrogen) atoms. The SMILES string of the molecule is CC[C@H](O)c1ccc(O)c(N)c1. The van der Waals surface area contributed by atoms with Crippen molar-refractivity contribution >= 4 is 5.69 Å². The van der Waals surface area contributed by atoms with Crippen LogP contribution in [0.4, 0.5) is 5.69 Å². The summed E-state index contributed by atoms with van der Waals surface area (Å²) in [6.45, 7) is 1.88. The second kappa shape index (κ2) is 3.45. The Hall–Kier alpha value is -1.22. The maximum atomic E-state index is 9.41. The molecule has 0 bridgehead atoms. The molecule has 0 saturated carbocycles. The minimum Gasteiger partial charge on any atom is -0.506 e. The number of anilines is 1. The Balaban J connectivity index is 2.96. The number of nitrogen functional groups attached to an aromatic ring is 1. The van der Waals surface area contributed by atoms with Gasteiger partial charge in [-0.3, -0.25) is 0 Å². The molecule has 0 aromatic heterocycles. The molecule has 0 fully saturated rings. The van der Waals surface area contributed by atoms with Crippen molar-refractivity contribution in [3.63, 3.8) is 0 Å². The van der Waals surface area contributed by atoms with Crippen LogP contribution in [-0.4, -0.2) is 10.2 Å². The molecule has 0 aliphatic carbocycles. The molecule has 4 N–H and O–H groups in total. The van der Waals surface area contributed by atoms with Gasteiger partial charge in [0.2, 0.25) is 0 Å². The predicted molar refractivity (Wildman–Crippen MR) is 47.8 cm³/mol. The molecule has 0 spiro atoms. The highest BCUT2D eigenvalue weighted by molar-refractivity contribution is 5.53. The molecule has 0 aliphatic rings. The monoisotopic (exact) mass is 167 g/mol. The molecule has 1 aromatic carbocycles. The van der Waals surface area contributed by atoms with Crippen LogP contribution in [-0.2, 0) is 0 Å². The Morgan fingerprint density at radius 3 is 2.67 bits per heavy atom. The lowest BCUT2D eigenvalue weighted by atomic mass is 10.1. The Morgan fingerprint density at radius 1 is 1.50 bits per heavy atom. The lowest BCUT2D eigenvalue weighted by Gasteiger charge is -2.08. The highest BCUT2D eigenvalue weighted by Crippen LogP contribution is 2.25. The largest absolute Gasteiger partial charge is 0.506 e. The number of hydrogen-bond acceptors (Lipinski definition) is 3. The standard InChI is InChI=1S/C9H13NO2/c1-2-8(11)6-3-4-9(12)7(10)5-6/h3-5,8,11-12H,2,10H2,1H3/t8-/m0/s1. The first-order valence-corrected chi connectivity index (χ1v) is 3.91. The van der Waals surface area contributed by atoms with E-state index in [0.29, 0.717) is 12.1 Å². The summed E-state index contributed by atoms with van der Waals surface area (Å²) in [5.74, 6) is 0.0575. The highest BCUT2D eigenvalue weighted by Gasteiger charge is 2.05. The second-order valence-electron chi connectivity index (χ2n) is 2.74. The van der Waals surface area contributed by atoms with Gasteiger partial charge in [0.1, 0.15) is 5.75 Å². The van der Waals surface area contributed by atoms with Crippen LogP contribution >= 0.6 is 0 Å². The number of rotatable bonds is 2. The van der Waals surface area contributed by atoms with E-state index < -0.39 is 6.10 Å². The smallest absolute Gasteiger partial charge is 0.138 e. The molecule has 66 valence electrons. The van der Waals surface area contributed by atoms with Gasteiger partial charge >= 0.3 is 0 Å². The van der Waals surface area contributed by atoms with Crippen molar-refractivity contribution in [2.75, 3.05) is 5.73 Å². The van der Waals surface area contributed by atoms with Gasteiger partial charge in [-0.2, -0.15) is 0 Å². The Kier molecular flexibility index (Phi) is 2.55. The minimum atomic E-state index is -0.493. The second-order valence-corrected chi connectivity index (χ2v) is 2.74. The Labute approximate surface area is 71.5 Å². The van der Waals surface area contributed by atoms with Crippen molar-refractivity contribution < 1.29 is 10.2 Å². The molecular formula is C9H13NO2. The predicted octanol–water partition coefficient (Wildman–Crippen LogP) is 1.42. The average molecular weight is 167 g/mol. The normalized spacial score (nSPS) is 12.8. The summed E-state index contributed by atoms with van der Waals surface area (Å²) in [5, 5.41) is 18.5. The van der Waals surface area contributed by atoms with Crippen LogP contribution in [0, 0.1) is 0 Å². The van der Waals surface area contributed by atoms with Gasteiger partial charge < -0.3 is 15.9 Å². The third-order valence-electron chi connectivity index (χ3n) is 1.82. The van der Waals surface area contributed by atoms with Crippen molar-refractivity contribution in [1.29, 1.82) is 0 Å². The van der Waals surface area contributed by atoms with Crippen molar-refractivity contribution in [2.45, 2.75) is 19.4 Å². The first kappa shape index (κ1) is 8.87. The topological polar surface area (TPSA) is 66.5 Å². The van der Waals surface area contributed by atoms with Crippen molar-refractivity contribution in [2.24, 2.45) is 0 Å². The Morgan fingerprint density at radius 2 is 2.17 bits per heavy atom. The van der Waals surface area contributed by atoms with Crippen LogP contribution in [0.15, 0.2) is 18.2 Å². The van der Waals surface area contributed by atoms with Gasteiger partial charge in [-0.15, -0.1) is 0 Å². The molecule has 0 radical (unpaired) electrons. The maximum absolute atomic E-state index is 9.41. The summed E-state index contributed by atoms with van der Waals surface area (Å²) in [5.41, 5.74) is 6.50. The van der Waals surface area contributed by atoms with E-state index in [9.17, 15) is 5.11 Å². The van der Waals surface area contributed by atoms with Gasteiger partial charge in [-0.1, -0.05) is 13.0 Å². The first-order valence-electron chi connectivity index (χ1n) is 3.91. The fraction of sp³-hybridized carbons (Fsp3) is 0.333. The molecule has 0 saturated heterocycles. The van der Waals surface area contributed by atoms with Crippen LogP contribution in [0.25, 0.3) is 0 Å². The number of aromatic hydroxyl groups is 1. The van der Waals surface area contributed by atoms with Crippen LogP contribution < -0.4 is 5.73 Å².